The summed E-state index contributed by atoms with van der Waals surface area (Å²) in [5.74, 6) is 0.572. The molecule has 0 aliphatic carbocycles. The molecule has 1 amide bonds. The van der Waals surface area contributed by atoms with Crippen molar-refractivity contribution in [3.05, 3.63) is 107 Å². The van der Waals surface area contributed by atoms with Gasteiger partial charge in [-0.1, -0.05) is 24.3 Å². The molecular formula is C23H18N4O3. The molecular weight excluding hydrogens is 380 g/mol. The van der Waals surface area contributed by atoms with Crippen LogP contribution in [0.25, 0.3) is 5.69 Å². The molecule has 7 nitrogen and oxygen atoms in total. The summed E-state index contributed by atoms with van der Waals surface area (Å²) in [6, 6.07) is 21.1. The quantitative estimate of drug-likeness (QED) is 0.550. The zero-order valence-corrected chi connectivity index (χ0v) is 16.1. The van der Waals surface area contributed by atoms with E-state index in [0.29, 0.717) is 22.9 Å². The largest absolute Gasteiger partial charge is 0.457 e. The first kappa shape index (κ1) is 19.1. The van der Waals surface area contributed by atoms with Crippen LogP contribution in [0.3, 0.4) is 0 Å². The number of carbonyl (C=O) groups is 1. The van der Waals surface area contributed by atoms with E-state index in [1.54, 1.807) is 60.4 Å². The van der Waals surface area contributed by atoms with Crippen molar-refractivity contribution in [3.8, 4) is 17.2 Å². The minimum atomic E-state index is -0.592. The van der Waals surface area contributed by atoms with Crippen LogP contribution in [0.2, 0.25) is 0 Å². The molecule has 2 aromatic heterocycles. The third-order valence-corrected chi connectivity index (χ3v) is 4.30. The van der Waals surface area contributed by atoms with Gasteiger partial charge in [0.1, 0.15) is 11.5 Å². The maximum Gasteiger partial charge on any atom is 0.280 e. The Morgan fingerprint density at radius 1 is 0.933 bits per heavy atom. The van der Waals surface area contributed by atoms with Gasteiger partial charge in [-0.15, -0.1) is 0 Å². The van der Waals surface area contributed by atoms with Crippen LogP contribution in [-0.2, 0) is 0 Å². The van der Waals surface area contributed by atoms with Crippen LogP contribution >= 0.6 is 0 Å². The Balaban J connectivity index is 1.59. The molecule has 7 heteroatoms. The number of pyridine rings is 1. The molecule has 0 saturated heterocycles. The van der Waals surface area contributed by atoms with Gasteiger partial charge in [0.05, 0.1) is 5.69 Å². The average Bonchev–Trinajstić information content (AvgIpc) is 2.75. The monoisotopic (exact) mass is 398 g/mol. The van der Waals surface area contributed by atoms with E-state index in [4.69, 9.17) is 4.74 Å². The Hall–Kier alpha value is -4.26. The van der Waals surface area contributed by atoms with Crippen molar-refractivity contribution < 1.29 is 9.53 Å². The highest BCUT2D eigenvalue weighted by molar-refractivity contribution is 6.02. The summed E-state index contributed by atoms with van der Waals surface area (Å²) >= 11 is 0. The molecule has 148 valence electrons. The van der Waals surface area contributed by atoms with Gasteiger partial charge < -0.3 is 10.1 Å². The number of benzene rings is 2. The Morgan fingerprint density at radius 2 is 1.70 bits per heavy atom. The molecule has 0 unspecified atom stereocenters. The van der Waals surface area contributed by atoms with Crippen LogP contribution in [0.5, 0.6) is 11.5 Å². The highest BCUT2D eigenvalue weighted by Gasteiger charge is 2.16. The van der Waals surface area contributed by atoms with E-state index < -0.39 is 11.3 Å². The van der Waals surface area contributed by atoms with Crippen LogP contribution < -0.4 is 15.5 Å². The number of hydrogen-bond donors (Lipinski definition) is 1. The molecule has 0 radical (unpaired) electrons. The van der Waals surface area contributed by atoms with Gasteiger partial charge >= 0.3 is 0 Å². The number of ether oxygens (including phenoxy) is 1. The van der Waals surface area contributed by atoms with Gasteiger partial charge in [-0.25, -0.2) is 4.68 Å². The van der Waals surface area contributed by atoms with Crippen LogP contribution in [-0.4, -0.2) is 20.7 Å². The van der Waals surface area contributed by atoms with Crippen molar-refractivity contribution in [2.45, 2.75) is 6.92 Å². The lowest BCUT2D eigenvalue weighted by Gasteiger charge is -2.12. The lowest BCUT2D eigenvalue weighted by molar-refractivity contribution is 0.101. The summed E-state index contributed by atoms with van der Waals surface area (Å²) in [7, 11) is 0. The molecule has 0 aliphatic rings. The second kappa shape index (κ2) is 8.40. The van der Waals surface area contributed by atoms with Gasteiger partial charge in [0.2, 0.25) is 5.43 Å². The molecule has 4 aromatic rings. The van der Waals surface area contributed by atoms with Crippen molar-refractivity contribution in [2.75, 3.05) is 5.32 Å². The van der Waals surface area contributed by atoms with Crippen molar-refractivity contribution >= 4 is 11.6 Å². The number of aryl methyl sites for hydroxylation is 1. The molecule has 2 aromatic carbocycles. The summed E-state index contributed by atoms with van der Waals surface area (Å²) in [4.78, 5) is 29.1. The second-order valence-electron chi connectivity index (χ2n) is 6.51. The number of hydrogen-bond acceptors (Lipinski definition) is 5. The number of nitrogens with one attached hydrogen (secondary N) is 1. The third kappa shape index (κ3) is 4.25. The number of para-hydroxylation sites is 1. The minimum Gasteiger partial charge on any atom is -0.457 e. The maximum atomic E-state index is 12.8. The SMILES string of the molecule is Cc1cc(=O)c(C(=O)Nc2cccc(Oc3ccncc3)c2)nn1-c1ccccc1. The summed E-state index contributed by atoms with van der Waals surface area (Å²) < 4.78 is 7.32. The first-order chi connectivity index (χ1) is 14.6. The van der Waals surface area contributed by atoms with E-state index in [0.717, 1.165) is 5.69 Å². The fourth-order valence-corrected chi connectivity index (χ4v) is 2.91. The summed E-state index contributed by atoms with van der Waals surface area (Å²) in [6.07, 6.45) is 3.25. The van der Waals surface area contributed by atoms with E-state index in [2.05, 4.69) is 15.4 Å². The van der Waals surface area contributed by atoms with Crippen LogP contribution in [0, 0.1) is 6.92 Å². The number of carbonyl (C=O) groups excluding carboxylic acids is 1. The van der Waals surface area contributed by atoms with Gasteiger partial charge in [-0.2, -0.15) is 5.10 Å². The van der Waals surface area contributed by atoms with Crippen molar-refractivity contribution in [2.24, 2.45) is 0 Å². The van der Waals surface area contributed by atoms with Gasteiger partial charge in [0.15, 0.2) is 5.69 Å². The number of nitrogens with zero attached hydrogens (tertiary/aromatic N) is 3. The standard InChI is InChI=1S/C23H18N4O3/c1-16-14-21(28)22(26-27(16)18-7-3-2-4-8-18)23(29)25-17-6-5-9-20(15-17)30-19-10-12-24-13-11-19/h2-15H,1H3,(H,25,29). The molecule has 1 N–H and O–H groups in total. The van der Waals surface area contributed by atoms with Gasteiger partial charge in [0, 0.05) is 35.9 Å². The highest BCUT2D eigenvalue weighted by Crippen LogP contribution is 2.23. The Labute approximate surface area is 172 Å². The molecule has 0 bridgehead atoms. The molecule has 0 saturated carbocycles. The fourth-order valence-electron chi connectivity index (χ4n) is 2.91. The van der Waals surface area contributed by atoms with Gasteiger partial charge in [-0.05, 0) is 43.3 Å². The molecule has 0 aliphatic heterocycles. The Kier molecular flexibility index (Phi) is 5.34. The van der Waals surface area contributed by atoms with E-state index >= 15 is 0 Å². The van der Waals surface area contributed by atoms with Crippen molar-refractivity contribution in [1.29, 1.82) is 0 Å². The van der Waals surface area contributed by atoms with E-state index in [1.807, 2.05) is 30.3 Å². The predicted molar refractivity (Wildman–Crippen MR) is 113 cm³/mol. The van der Waals surface area contributed by atoms with Crippen LogP contribution in [0.4, 0.5) is 5.69 Å². The number of aromatic nitrogens is 3. The zero-order valence-electron chi connectivity index (χ0n) is 16.1. The molecule has 30 heavy (non-hydrogen) atoms. The van der Waals surface area contributed by atoms with Crippen LogP contribution in [0.15, 0.2) is 90.0 Å². The number of anilines is 1. The average molecular weight is 398 g/mol. The minimum absolute atomic E-state index is 0.190. The van der Waals surface area contributed by atoms with E-state index in [9.17, 15) is 9.59 Å². The molecule has 0 spiro atoms. The lowest BCUT2D eigenvalue weighted by Crippen LogP contribution is -2.26. The molecule has 0 fully saturated rings. The van der Waals surface area contributed by atoms with Gasteiger partial charge in [-0.3, -0.25) is 14.6 Å². The van der Waals surface area contributed by atoms with E-state index in [1.165, 1.54) is 6.07 Å². The molecule has 0 atom stereocenters. The fraction of sp³-hybridized carbons (Fsp3) is 0.0435. The van der Waals surface area contributed by atoms with Gasteiger partial charge in [0.25, 0.3) is 5.91 Å². The third-order valence-electron chi connectivity index (χ3n) is 4.30. The number of amides is 1. The smallest absolute Gasteiger partial charge is 0.280 e. The summed E-state index contributed by atoms with van der Waals surface area (Å²) in [6.45, 7) is 1.77. The first-order valence-corrected chi connectivity index (χ1v) is 9.26. The van der Waals surface area contributed by atoms with Crippen molar-refractivity contribution in [1.82, 2.24) is 14.8 Å². The molecule has 2 heterocycles. The molecule has 4 rings (SSSR count). The normalized spacial score (nSPS) is 10.4. The maximum absolute atomic E-state index is 12.8. The Morgan fingerprint density at radius 3 is 2.47 bits per heavy atom. The second-order valence-corrected chi connectivity index (χ2v) is 6.51. The zero-order chi connectivity index (χ0) is 20.9. The van der Waals surface area contributed by atoms with Crippen LogP contribution in [0.1, 0.15) is 16.2 Å². The highest BCUT2D eigenvalue weighted by atomic mass is 16.5. The lowest BCUT2D eigenvalue weighted by atomic mass is 10.2. The summed E-state index contributed by atoms with van der Waals surface area (Å²) in [5, 5.41) is 7.00. The predicted octanol–water partition coefficient (Wildman–Crippen LogP) is 3.98. The van der Waals surface area contributed by atoms with Crippen molar-refractivity contribution in [3.63, 3.8) is 0 Å². The first-order valence-electron chi connectivity index (χ1n) is 9.26. The van der Waals surface area contributed by atoms with E-state index in [-0.39, 0.29) is 5.69 Å². The number of rotatable bonds is 5. The topological polar surface area (TPSA) is 86.1 Å². The summed E-state index contributed by atoms with van der Waals surface area (Å²) in [5.41, 5.74) is 1.25. The Bertz CT molecular complexity index is 1240.